The van der Waals surface area contributed by atoms with Gasteiger partial charge < -0.3 is 9.84 Å². The van der Waals surface area contributed by atoms with Crippen molar-refractivity contribution in [3.63, 3.8) is 0 Å². The minimum absolute atomic E-state index is 0.254. The van der Waals surface area contributed by atoms with Crippen LogP contribution in [0.2, 0.25) is 0 Å². The monoisotopic (exact) mass is 299 g/mol. The Morgan fingerprint density at radius 2 is 2.05 bits per heavy atom. The van der Waals surface area contributed by atoms with E-state index >= 15 is 0 Å². The van der Waals surface area contributed by atoms with E-state index in [0.29, 0.717) is 25.1 Å². The molecule has 1 aromatic rings. The molecule has 20 heavy (non-hydrogen) atoms. The summed E-state index contributed by atoms with van der Waals surface area (Å²) >= 11 is 0. The number of aliphatic hydroxyl groups excluding tert-OH is 1. The normalized spacial score (nSPS) is 22.6. The molecule has 5 nitrogen and oxygen atoms in total. The lowest BCUT2D eigenvalue weighted by molar-refractivity contribution is 0.0367. The molecule has 1 aromatic carbocycles. The molecule has 0 spiro atoms. The van der Waals surface area contributed by atoms with Crippen LogP contribution in [0.15, 0.2) is 23.1 Å². The number of aryl methyl sites for hydroxylation is 1. The molecule has 0 unspecified atom stereocenters. The average molecular weight is 299 g/mol. The molecule has 1 saturated carbocycles. The molecular weight excluding hydrogens is 278 g/mol. The van der Waals surface area contributed by atoms with Gasteiger partial charge in [0, 0.05) is 13.6 Å². The van der Waals surface area contributed by atoms with Crippen LogP contribution in [-0.4, -0.2) is 44.6 Å². The van der Waals surface area contributed by atoms with Crippen LogP contribution in [0.3, 0.4) is 0 Å². The van der Waals surface area contributed by atoms with Gasteiger partial charge in [0.25, 0.3) is 0 Å². The van der Waals surface area contributed by atoms with Gasteiger partial charge in [0.15, 0.2) is 0 Å². The SMILES string of the molecule is COc1ccc(S(=O)(=O)N(C)CC2CC(O)C2)cc1C. The number of hydrogen-bond acceptors (Lipinski definition) is 4. The molecule has 0 aromatic heterocycles. The lowest BCUT2D eigenvalue weighted by atomic mass is 9.82. The van der Waals surface area contributed by atoms with Gasteiger partial charge in [0.05, 0.1) is 18.1 Å². The first kappa shape index (κ1) is 15.3. The van der Waals surface area contributed by atoms with Gasteiger partial charge in [-0.15, -0.1) is 0 Å². The van der Waals surface area contributed by atoms with Crippen LogP contribution in [0.1, 0.15) is 18.4 Å². The van der Waals surface area contributed by atoms with Gasteiger partial charge in [-0.1, -0.05) is 0 Å². The molecule has 1 aliphatic rings. The molecule has 112 valence electrons. The van der Waals surface area contributed by atoms with Crippen LogP contribution >= 0.6 is 0 Å². The number of nitrogens with zero attached hydrogens (tertiary/aromatic N) is 1. The van der Waals surface area contributed by atoms with E-state index in [2.05, 4.69) is 0 Å². The summed E-state index contributed by atoms with van der Waals surface area (Å²) in [7, 11) is -0.336. The largest absolute Gasteiger partial charge is 0.496 e. The molecule has 0 aliphatic heterocycles. The molecule has 0 heterocycles. The molecule has 1 fully saturated rings. The highest BCUT2D eigenvalue weighted by Crippen LogP contribution is 2.30. The van der Waals surface area contributed by atoms with Crippen molar-refractivity contribution >= 4 is 10.0 Å². The summed E-state index contributed by atoms with van der Waals surface area (Å²) in [5, 5.41) is 9.26. The number of sulfonamides is 1. The van der Waals surface area contributed by atoms with Crippen molar-refractivity contribution in [1.82, 2.24) is 4.31 Å². The molecule has 0 saturated heterocycles. The highest BCUT2D eigenvalue weighted by Gasteiger charge is 2.31. The zero-order valence-electron chi connectivity index (χ0n) is 12.0. The number of ether oxygens (including phenoxy) is 1. The Balaban J connectivity index is 2.14. The van der Waals surface area contributed by atoms with E-state index in [4.69, 9.17) is 4.74 Å². The third kappa shape index (κ3) is 2.97. The van der Waals surface area contributed by atoms with E-state index in [9.17, 15) is 13.5 Å². The van der Waals surface area contributed by atoms with Crippen LogP contribution in [-0.2, 0) is 10.0 Å². The number of hydrogen-bond donors (Lipinski definition) is 1. The lowest BCUT2D eigenvalue weighted by Crippen LogP contribution is -2.39. The first-order chi connectivity index (χ1) is 9.34. The summed E-state index contributed by atoms with van der Waals surface area (Å²) in [5.74, 6) is 0.929. The molecule has 0 atom stereocenters. The van der Waals surface area contributed by atoms with E-state index in [1.807, 2.05) is 6.92 Å². The summed E-state index contributed by atoms with van der Waals surface area (Å²) in [6, 6.07) is 4.86. The Morgan fingerprint density at radius 1 is 1.40 bits per heavy atom. The predicted molar refractivity (Wildman–Crippen MR) is 76.3 cm³/mol. The summed E-state index contributed by atoms with van der Waals surface area (Å²) < 4.78 is 31.4. The molecule has 2 rings (SSSR count). The Kier molecular flexibility index (Phi) is 4.36. The molecule has 0 amide bonds. The zero-order valence-corrected chi connectivity index (χ0v) is 12.9. The van der Waals surface area contributed by atoms with E-state index in [0.717, 1.165) is 5.56 Å². The summed E-state index contributed by atoms with van der Waals surface area (Å²) in [6.07, 6.45) is 1.10. The van der Waals surface area contributed by atoms with Crippen LogP contribution in [0, 0.1) is 12.8 Å². The quantitative estimate of drug-likeness (QED) is 0.892. The summed E-state index contributed by atoms with van der Waals surface area (Å²) in [5.41, 5.74) is 0.793. The Hall–Kier alpha value is -1.11. The first-order valence-electron chi connectivity index (χ1n) is 6.63. The highest BCUT2D eigenvalue weighted by molar-refractivity contribution is 7.89. The topological polar surface area (TPSA) is 66.8 Å². The summed E-state index contributed by atoms with van der Waals surface area (Å²) in [6.45, 7) is 2.27. The number of benzene rings is 1. The summed E-state index contributed by atoms with van der Waals surface area (Å²) in [4.78, 5) is 0.276. The maximum atomic E-state index is 12.5. The second kappa shape index (κ2) is 5.71. The van der Waals surface area contributed by atoms with Crippen molar-refractivity contribution in [3.05, 3.63) is 23.8 Å². The second-order valence-electron chi connectivity index (χ2n) is 5.41. The second-order valence-corrected chi connectivity index (χ2v) is 7.45. The van der Waals surface area contributed by atoms with E-state index in [1.54, 1.807) is 32.4 Å². The minimum atomic E-state index is -3.48. The van der Waals surface area contributed by atoms with Crippen molar-refractivity contribution in [2.24, 2.45) is 5.92 Å². The highest BCUT2D eigenvalue weighted by atomic mass is 32.2. The van der Waals surface area contributed by atoms with Gasteiger partial charge in [-0.2, -0.15) is 0 Å². The van der Waals surface area contributed by atoms with E-state index in [-0.39, 0.29) is 16.9 Å². The maximum absolute atomic E-state index is 12.5. The van der Waals surface area contributed by atoms with E-state index < -0.39 is 10.0 Å². The van der Waals surface area contributed by atoms with Crippen LogP contribution in [0.5, 0.6) is 5.75 Å². The molecule has 1 N–H and O–H groups in total. The Morgan fingerprint density at radius 3 is 2.55 bits per heavy atom. The third-order valence-electron chi connectivity index (χ3n) is 3.80. The number of rotatable bonds is 5. The minimum Gasteiger partial charge on any atom is -0.496 e. The van der Waals surface area contributed by atoms with Crippen molar-refractivity contribution in [3.8, 4) is 5.75 Å². The van der Waals surface area contributed by atoms with Gasteiger partial charge in [-0.25, -0.2) is 12.7 Å². The van der Waals surface area contributed by atoms with Gasteiger partial charge in [-0.05, 0) is 49.4 Å². The smallest absolute Gasteiger partial charge is 0.242 e. The van der Waals surface area contributed by atoms with Gasteiger partial charge in [0.1, 0.15) is 5.75 Å². The van der Waals surface area contributed by atoms with Crippen LogP contribution in [0.4, 0.5) is 0 Å². The molecule has 6 heteroatoms. The van der Waals surface area contributed by atoms with E-state index in [1.165, 1.54) is 4.31 Å². The third-order valence-corrected chi connectivity index (χ3v) is 5.62. The fourth-order valence-corrected chi connectivity index (χ4v) is 3.84. The molecule has 0 bridgehead atoms. The van der Waals surface area contributed by atoms with Gasteiger partial charge in [-0.3, -0.25) is 0 Å². The Bertz CT molecular complexity index is 579. The fourth-order valence-electron chi connectivity index (χ4n) is 2.50. The van der Waals surface area contributed by atoms with Crippen molar-refractivity contribution in [2.45, 2.75) is 30.8 Å². The standard InChI is InChI=1S/C14H21NO4S/c1-10-6-13(4-5-14(10)19-3)20(17,18)15(2)9-11-7-12(16)8-11/h4-6,11-12,16H,7-9H2,1-3H3. The van der Waals surface area contributed by atoms with Gasteiger partial charge in [0.2, 0.25) is 10.0 Å². The molecule has 1 aliphatic carbocycles. The van der Waals surface area contributed by atoms with Crippen molar-refractivity contribution in [2.75, 3.05) is 20.7 Å². The number of aliphatic hydroxyl groups is 1. The Labute approximate surface area is 120 Å². The molecular formula is C14H21NO4S. The predicted octanol–water partition coefficient (Wildman–Crippen LogP) is 1.40. The van der Waals surface area contributed by atoms with Crippen LogP contribution in [0.25, 0.3) is 0 Å². The fraction of sp³-hybridized carbons (Fsp3) is 0.571. The van der Waals surface area contributed by atoms with Crippen molar-refractivity contribution in [1.29, 1.82) is 0 Å². The van der Waals surface area contributed by atoms with Crippen LogP contribution < -0.4 is 4.74 Å². The van der Waals surface area contributed by atoms with Crippen molar-refractivity contribution < 1.29 is 18.3 Å². The average Bonchev–Trinajstić information content (AvgIpc) is 2.36. The number of methoxy groups -OCH3 is 1. The first-order valence-corrected chi connectivity index (χ1v) is 8.07. The molecule has 0 radical (unpaired) electrons. The van der Waals surface area contributed by atoms with Gasteiger partial charge >= 0.3 is 0 Å². The zero-order chi connectivity index (χ0) is 14.9. The maximum Gasteiger partial charge on any atom is 0.242 e. The lowest BCUT2D eigenvalue weighted by Gasteiger charge is -2.34.